The van der Waals surface area contributed by atoms with Crippen LogP contribution in [0.3, 0.4) is 0 Å². The topological polar surface area (TPSA) is 29.5 Å². The first-order valence-electron chi connectivity index (χ1n) is 6.81. The summed E-state index contributed by atoms with van der Waals surface area (Å²) in [6.45, 7) is 0.739. The van der Waals surface area contributed by atoms with E-state index in [4.69, 9.17) is 16.3 Å². The van der Waals surface area contributed by atoms with E-state index in [9.17, 15) is 5.11 Å². The van der Waals surface area contributed by atoms with Gasteiger partial charge >= 0.3 is 0 Å². The number of aliphatic hydroxyl groups excluding tert-OH is 1. The molecule has 0 heterocycles. The fraction of sp³-hybridized carbons (Fsp3) is 0.294. The molecule has 0 saturated carbocycles. The quantitative estimate of drug-likeness (QED) is 0.836. The lowest BCUT2D eigenvalue weighted by atomic mass is 9.97. The molecule has 0 fully saturated rings. The van der Waals surface area contributed by atoms with Crippen molar-refractivity contribution in [3.05, 3.63) is 65.2 Å². The maximum atomic E-state index is 9.48. The van der Waals surface area contributed by atoms with Crippen molar-refractivity contribution in [1.29, 1.82) is 0 Å². The van der Waals surface area contributed by atoms with Crippen LogP contribution in [-0.4, -0.2) is 18.3 Å². The predicted molar refractivity (Wildman–Crippen MR) is 82.3 cm³/mol. The van der Waals surface area contributed by atoms with Crippen LogP contribution >= 0.6 is 11.6 Å². The van der Waals surface area contributed by atoms with Crippen LogP contribution in [0.5, 0.6) is 5.75 Å². The van der Waals surface area contributed by atoms with Crippen LogP contribution < -0.4 is 4.74 Å². The lowest BCUT2D eigenvalue weighted by molar-refractivity contribution is 0.191. The van der Waals surface area contributed by atoms with Gasteiger partial charge in [-0.05, 0) is 42.5 Å². The molecule has 1 unspecified atom stereocenters. The molecule has 1 atom stereocenters. The molecule has 2 nitrogen and oxygen atoms in total. The number of para-hydroxylation sites is 1. The van der Waals surface area contributed by atoms with Crippen LogP contribution in [0.2, 0.25) is 5.02 Å². The molecule has 0 aliphatic carbocycles. The molecule has 0 aliphatic heterocycles. The number of ether oxygens (including phenoxy) is 1. The highest BCUT2D eigenvalue weighted by Gasteiger charge is 2.11. The lowest BCUT2D eigenvalue weighted by Gasteiger charge is -2.15. The summed E-state index contributed by atoms with van der Waals surface area (Å²) in [4.78, 5) is 0. The van der Waals surface area contributed by atoms with Crippen LogP contribution in [0, 0.1) is 5.92 Å². The smallest absolute Gasteiger partial charge is 0.119 e. The van der Waals surface area contributed by atoms with Crippen molar-refractivity contribution in [1.82, 2.24) is 0 Å². The number of benzene rings is 2. The van der Waals surface area contributed by atoms with E-state index in [0.29, 0.717) is 6.61 Å². The average Bonchev–Trinajstić information content (AvgIpc) is 2.49. The summed E-state index contributed by atoms with van der Waals surface area (Å²) < 4.78 is 5.66. The fourth-order valence-corrected chi connectivity index (χ4v) is 2.31. The van der Waals surface area contributed by atoms with Gasteiger partial charge in [-0.15, -0.1) is 0 Å². The van der Waals surface area contributed by atoms with E-state index in [-0.39, 0.29) is 12.5 Å². The fourth-order valence-electron chi connectivity index (χ4n) is 2.09. The van der Waals surface area contributed by atoms with Crippen molar-refractivity contribution in [2.45, 2.75) is 12.8 Å². The van der Waals surface area contributed by atoms with Gasteiger partial charge in [-0.1, -0.05) is 48.0 Å². The Kier molecular flexibility index (Phi) is 5.90. The van der Waals surface area contributed by atoms with Gasteiger partial charge in [0, 0.05) is 11.6 Å². The van der Waals surface area contributed by atoms with E-state index in [2.05, 4.69) is 0 Å². The molecule has 1 N–H and O–H groups in total. The van der Waals surface area contributed by atoms with Crippen molar-refractivity contribution in [3.63, 3.8) is 0 Å². The zero-order valence-electron chi connectivity index (χ0n) is 11.3. The molecule has 0 aromatic heterocycles. The summed E-state index contributed by atoms with van der Waals surface area (Å²) in [6, 6.07) is 17.5. The van der Waals surface area contributed by atoms with Gasteiger partial charge in [0.15, 0.2) is 0 Å². The molecule has 2 rings (SSSR count). The van der Waals surface area contributed by atoms with E-state index < -0.39 is 0 Å². The molecule has 0 spiro atoms. The van der Waals surface area contributed by atoms with Gasteiger partial charge in [0.25, 0.3) is 0 Å². The van der Waals surface area contributed by atoms with Crippen molar-refractivity contribution >= 4 is 11.6 Å². The summed E-state index contributed by atoms with van der Waals surface area (Å²) in [7, 11) is 0. The first-order chi connectivity index (χ1) is 9.79. The Hall–Kier alpha value is -1.51. The van der Waals surface area contributed by atoms with E-state index in [1.807, 2.05) is 54.6 Å². The molecule has 0 radical (unpaired) electrons. The zero-order valence-corrected chi connectivity index (χ0v) is 12.1. The van der Waals surface area contributed by atoms with E-state index >= 15 is 0 Å². The highest BCUT2D eigenvalue weighted by molar-refractivity contribution is 6.31. The maximum Gasteiger partial charge on any atom is 0.119 e. The Labute approximate surface area is 125 Å². The predicted octanol–water partition coefficient (Wildman–Crippen LogP) is 3.96. The molecule has 0 amide bonds. The van der Waals surface area contributed by atoms with Crippen molar-refractivity contribution in [2.75, 3.05) is 13.2 Å². The average molecular weight is 291 g/mol. The summed E-state index contributed by atoms with van der Waals surface area (Å²) in [6.07, 6.45) is 1.57. The maximum absolute atomic E-state index is 9.48. The Morgan fingerprint density at radius 3 is 2.40 bits per heavy atom. The third-order valence-corrected chi connectivity index (χ3v) is 3.63. The number of rotatable bonds is 7. The Bertz CT molecular complexity index is 513. The summed E-state index contributed by atoms with van der Waals surface area (Å²) in [5.41, 5.74) is 1.08. The number of hydrogen-bond donors (Lipinski definition) is 1. The van der Waals surface area contributed by atoms with Crippen LogP contribution in [-0.2, 0) is 6.42 Å². The van der Waals surface area contributed by atoms with Crippen LogP contribution in [0.1, 0.15) is 12.0 Å². The zero-order chi connectivity index (χ0) is 14.2. The number of halogens is 1. The summed E-state index contributed by atoms with van der Waals surface area (Å²) in [5, 5.41) is 10.2. The standard InChI is InChI=1S/C17H19ClO2/c18-17-9-5-4-6-15(17)12-14(13-19)10-11-20-16-7-2-1-3-8-16/h1-9,14,19H,10-13H2. The third kappa shape index (κ3) is 4.55. The van der Waals surface area contributed by atoms with Crippen LogP contribution in [0.15, 0.2) is 54.6 Å². The van der Waals surface area contributed by atoms with Gasteiger partial charge in [0.2, 0.25) is 0 Å². The second-order valence-corrected chi connectivity index (χ2v) is 5.20. The van der Waals surface area contributed by atoms with Crippen LogP contribution in [0.25, 0.3) is 0 Å². The van der Waals surface area contributed by atoms with Gasteiger partial charge in [-0.2, -0.15) is 0 Å². The van der Waals surface area contributed by atoms with E-state index in [1.165, 1.54) is 0 Å². The molecular weight excluding hydrogens is 272 g/mol. The van der Waals surface area contributed by atoms with Gasteiger partial charge in [0.1, 0.15) is 5.75 Å². The second kappa shape index (κ2) is 7.93. The van der Waals surface area contributed by atoms with E-state index in [0.717, 1.165) is 29.2 Å². The summed E-state index contributed by atoms with van der Waals surface area (Å²) in [5.74, 6) is 1.03. The van der Waals surface area contributed by atoms with E-state index in [1.54, 1.807) is 0 Å². The first-order valence-corrected chi connectivity index (χ1v) is 7.19. The molecule has 0 bridgehead atoms. The number of aliphatic hydroxyl groups is 1. The van der Waals surface area contributed by atoms with Crippen molar-refractivity contribution in [2.24, 2.45) is 5.92 Å². The van der Waals surface area contributed by atoms with Gasteiger partial charge in [-0.3, -0.25) is 0 Å². The minimum atomic E-state index is 0.142. The van der Waals surface area contributed by atoms with Gasteiger partial charge in [0.05, 0.1) is 6.61 Å². The van der Waals surface area contributed by atoms with Gasteiger partial charge in [-0.25, -0.2) is 0 Å². The molecule has 2 aromatic carbocycles. The molecule has 0 aliphatic rings. The monoisotopic (exact) mass is 290 g/mol. The minimum absolute atomic E-state index is 0.142. The highest BCUT2D eigenvalue weighted by atomic mass is 35.5. The SMILES string of the molecule is OCC(CCOc1ccccc1)Cc1ccccc1Cl. The first kappa shape index (κ1) is 14.9. The third-order valence-electron chi connectivity index (χ3n) is 3.26. The van der Waals surface area contributed by atoms with Crippen LogP contribution in [0.4, 0.5) is 0 Å². The molecular formula is C17H19ClO2. The highest BCUT2D eigenvalue weighted by Crippen LogP contribution is 2.20. The van der Waals surface area contributed by atoms with Gasteiger partial charge < -0.3 is 9.84 Å². The normalized spacial score (nSPS) is 12.1. The molecule has 106 valence electrons. The molecule has 20 heavy (non-hydrogen) atoms. The minimum Gasteiger partial charge on any atom is -0.494 e. The van der Waals surface area contributed by atoms with Crippen molar-refractivity contribution in [3.8, 4) is 5.75 Å². The Balaban J connectivity index is 1.82. The number of hydrogen-bond acceptors (Lipinski definition) is 2. The molecule has 3 heteroatoms. The molecule has 0 saturated heterocycles. The second-order valence-electron chi connectivity index (χ2n) is 4.79. The summed E-state index contributed by atoms with van der Waals surface area (Å²) >= 11 is 6.14. The Morgan fingerprint density at radius 2 is 1.70 bits per heavy atom. The molecule has 2 aromatic rings. The Morgan fingerprint density at radius 1 is 1.00 bits per heavy atom. The lowest BCUT2D eigenvalue weighted by Crippen LogP contribution is -2.14. The largest absolute Gasteiger partial charge is 0.494 e. The van der Waals surface area contributed by atoms with Crippen molar-refractivity contribution < 1.29 is 9.84 Å².